The maximum absolute atomic E-state index is 14.5. The van der Waals surface area contributed by atoms with E-state index >= 15 is 0 Å². The first-order chi connectivity index (χ1) is 18.4. The van der Waals surface area contributed by atoms with Gasteiger partial charge < -0.3 is 10.4 Å². The average Bonchev–Trinajstić information content (AvgIpc) is 2.86. The zero-order valence-corrected chi connectivity index (χ0v) is 25.1. The van der Waals surface area contributed by atoms with Gasteiger partial charge in [-0.1, -0.05) is 60.1 Å². The Kier molecular flexibility index (Phi) is 6.21. The van der Waals surface area contributed by atoms with E-state index in [1.807, 2.05) is 26.0 Å². The van der Waals surface area contributed by atoms with Crippen molar-refractivity contribution < 1.29 is 24.3 Å². The Morgan fingerprint density at radius 3 is 2.30 bits per heavy atom. The second-order valence-corrected chi connectivity index (χ2v) is 15.5. The molecule has 5 aliphatic carbocycles. The van der Waals surface area contributed by atoms with Crippen LogP contribution in [0.3, 0.4) is 0 Å². The molecule has 0 aromatic carbocycles. The van der Waals surface area contributed by atoms with E-state index in [9.17, 15) is 29.5 Å². The number of aliphatic carboxylic acids is 1. The van der Waals surface area contributed by atoms with E-state index in [2.05, 4.69) is 46.0 Å². The highest BCUT2D eigenvalue weighted by Gasteiger charge is 2.70. The number of amides is 1. The van der Waals surface area contributed by atoms with Crippen LogP contribution in [0, 0.1) is 61.6 Å². The number of rotatable bonds is 3. The summed E-state index contributed by atoms with van der Waals surface area (Å²) >= 11 is 0. The molecule has 0 heterocycles. The zero-order valence-electron chi connectivity index (χ0n) is 25.1. The topological polar surface area (TPSA) is 124 Å². The van der Waals surface area contributed by atoms with Gasteiger partial charge >= 0.3 is 5.97 Å². The summed E-state index contributed by atoms with van der Waals surface area (Å²) in [6, 6.07) is 2.15. The molecular weight excluding hydrogens is 504 g/mol. The van der Waals surface area contributed by atoms with Crippen molar-refractivity contribution >= 4 is 23.4 Å². The molecule has 0 aromatic heterocycles. The maximum Gasteiger partial charge on any atom is 0.322 e. The number of nitriles is 1. The average molecular weight is 549 g/mol. The van der Waals surface area contributed by atoms with Crippen LogP contribution in [-0.2, 0) is 19.2 Å². The Morgan fingerprint density at radius 1 is 1.02 bits per heavy atom. The van der Waals surface area contributed by atoms with E-state index in [0.717, 1.165) is 31.3 Å². The molecule has 5 aliphatic rings. The number of carboxylic acids is 1. The van der Waals surface area contributed by atoms with Gasteiger partial charge in [-0.05, 0) is 79.1 Å². The number of hydrogen-bond donors (Lipinski definition) is 2. The van der Waals surface area contributed by atoms with E-state index in [1.54, 1.807) is 0 Å². The molecule has 0 aliphatic heterocycles. The minimum Gasteiger partial charge on any atom is -0.480 e. The highest BCUT2D eigenvalue weighted by atomic mass is 16.4. The third-order valence-corrected chi connectivity index (χ3v) is 12.7. The van der Waals surface area contributed by atoms with Crippen LogP contribution in [-0.4, -0.2) is 35.1 Å². The van der Waals surface area contributed by atoms with Gasteiger partial charge in [0.25, 0.3) is 0 Å². The van der Waals surface area contributed by atoms with Crippen molar-refractivity contribution in [2.75, 3.05) is 6.54 Å². The van der Waals surface area contributed by atoms with E-state index in [4.69, 9.17) is 0 Å². The predicted octanol–water partition coefficient (Wildman–Crippen LogP) is 5.41. The van der Waals surface area contributed by atoms with Gasteiger partial charge in [0.05, 0.1) is 11.0 Å². The number of ketones is 2. The summed E-state index contributed by atoms with van der Waals surface area (Å²) in [7, 11) is 0. The number of nitrogens with one attached hydrogen (secondary N) is 1. The number of carbonyl (C=O) groups is 4. The Bertz CT molecular complexity index is 1320. The van der Waals surface area contributed by atoms with E-state index in [1.165, 1.54) is 0 Å². The Labute approximate surface area is 237 Å². The largest absolute Gasteiger partial charge is 0.480 e. The van der Waals surface area contributed by atoms with Gasteiger partial charge in [-0.15, -0.1) is 0 Å². The molecule has 0 radical (unpaired) electrons. The van der Waals surface area contributed by atoms with Crippen LogP contribution in [0.1, 0.15) is 93.4 Å². The van der Waals surface area contributed by atoms with Crippen molar-refractivity contribution in [2.24, 2.45) is 50.2 Å². The molecule has 2 N–H and O–H groups in total. The fourth-order valence-corrected chi connectivity index (χ4v) is 10.4. The molecule has 216 valence electrons. The fourth-order valence-electron chi connectivity index (χ4n) is 10.4. The quantitative estimate of drug-likeness (QED) is 0.486. The molecule has 0 bridgehead atoms. The van der Waals surface area contributed by atoms with Crippen LogP contribution >= 0.6 is 0 Å². The maximum atomic E-state index is 14.5. The third-order valence-electron chi connectivity index (χ3n) is 12.7. The molecule has 5 rings (SSSR count). The summed E-state index contributed by atoms with van der Waals surface area (Å²) in [6.45, 7) is 14.5. The molecule has 0 spiro atoms. The Morgan fingerprint density at radius 2 is 1.68 bits per heavy atom. The van der Waals surface area contributed by atoms with Crippen molar-refractivity contribution in [3.63, 3.8) is 0 Å². The lowest BCUT2D eigenvalue weighted by Crippen LogP contribution is -2.66. The van der Waals surface area contributed by atoms with Crippen LogP contribution in [0.4, 0.5) is 0 Å². The van der Waals surface area contributed by atoms with Gasteiger partial charge in [-0.2, -0.15) is 5.26 Å². The van der Waals surface area contributed by atoms with Crippen LogP contribution < -0.4 is 5.32 Å². The summed E-state index contributed by atoms with van der Waals surface area (Å²) in [5.41, 5.74) is -1.66. The highest BCUT2D eigenvalue weighted by molar-refractivity contribution is 6.04. The highest BCUT2D eigenvalue weighted by Crippen LogP contribution is 2.74. The number of allylic oxidation sites excluding steroid dienone is 4. The Balaban J connectivity index is 1.66. The van der Waals surface area contributed by atoms with Crippen molar-refractivity contribution in [2.45, 2.75) is 93.4 Å². The van der Waals surface area contributed by atoms with Gasteiger partial charge in [-0.25, -0.2) is 0 Å². The van der Waals surface area contributed by atoms with Crippen molar-refractivity contribution in [1.82, 2.24) is 5.32 Å². The first-order valence-electron chi connectivity index (χ1n) is 14.8. The number of nitrogens with zero attached hydrogens (tertiary/aromatic N) is 1. The summed E-state index contributed by atoms with van der Waals surface area (Å²) in [4.78, 5) is 52.8. The molecule has 7 atom stereocenters. The normalized spacial score (nSPS) is 43.0. The van der Waals surface area contributed by atoms with Gasteiger partial charge in [0.1, 0.15) is 12.6 Å². The van der Waals surface area contributed by atoms with E-state index in [0.29, 0.717) is 19.3 Å². The van der Waals surface area contributed by atoms with Crippen molar-refractivity contribution in [3.05, 3.63) is 23.3 Å². The van der Waals surface area contributed by atoms with E-state index in [-0.39, 0.29) is 51.6 Å². The summed E-state index contributed by atoms with van der Waals surface area (Å²) in [5, 5.41) is 21.8. The lowest BCUT2D eigenvalue weighted by molar-refractivity contribution is -0.178. The Hall–Kier alpha value is -2.75. The SMILES string of the molecule is CC1(C)CC[C@]2(C(=O)NCC(=O)O)CC[C@]3(C)[C@H](C(=O)C=C4[C@@]5(C)C=C(C#N)C(=O)C(C)(C)[C@@H]5CC[C@]43C)[C@@H]2C1. The van der Waals surface area contributed by atoms with E-state index < -0.39 is 34.2 Å². The first-order valence-corrected chi connectivity index (χ1v) is 14.8. The monoisotopic (exact) mass is 548 g/mol. The fraction of sp³-hybridized carbons (Fsp3) is 0.727. The summed E-state index contributed by atoms with van der Waals surface area (Å²) < 4.78 is 0. The molecule has 0 saturated heterocycles. The molecule has 7 heteroatoms. The predicted molar refractivity (Wildman–Crippen MR) is 150 cm³/mol. The summed E-state index contributed by atoms with van der Waals surface area (Å²) in [5.74, 6) is -1.95. The minimum atomic E-state index is -1.07. The van der Waals surface area contributed by atoms with Gasteiger partial charge in [0.15, 0.2) is 11.6 Å². The molecular formula is C33H44N2O5. The van der Waals surface area contributed by atoms with Crippen LogP contribution in [0.25, 0.3) is 0 Å². The smallest absolute Gasteiger partial charge is 0.322 e. The van der Waals surface area contributed by atoms with Crippen LogP contribution in [0.5, 0.6) is 0 Å². The van der Waals surface area contributed by atoms with Crippen LogP contribution in [0.2, 0.25) is 0 Å². The second-order valence-electron chi connectivity index (χ2n) is 15.5. The third kappa shape index (κ3) is 3.59. The number of carboxylic acid groups (broad SMARTS) is 1. The summed E-state index contributed by atoms with van der Waals surface area (Å²) in [6.07, 6.45) is 8.87. The molecule has 3 saturated carbocycles. The molecule has 3 fully saturated rings. The molecule has 7 nitrogen and oxygen atoms in total. The second kappa shape index (κ2) is 8.63. The lowest BCUT2D eigenvalue weighted by Gasteiger charge is -2.69. The molecule has 1 amide bonds. The molecule has 0 unspecified atom stereocenters. The van der Waals surface area contributed by atoms with Gasteiger partial charge in [0.2, 0.25) is 5.91 Å². The van der Waals surface area contributed by atoms with Crippen molar-refractivity contribution in [1.29, 1.82) is 5.26 Å². The number of fused-ring (bicyclic) bond motifs is 7. The standard InChI is InChI=1S/C33H44N2O5/c1-28(2)10-12-33(27(40)35-18-24(37)38)13-11-32(7)25(20(33)16-28)21(36)14-23-30(5)15-19(17-34)26(39)29(3,4)22(30)8-9-31(23,32)6/h14-15,20,22,25H,8-13,16,18H2,1-7H3,(H,35,40)(H,37,38)/t20-,22-,25-,30-,31+,32+,33-/m0/s1. The molecule has 40 heavy (non-hydrogen) atoms. The van der Waals surface area contributed by atoms with Crippen LogP contribution in [0.15, 0.2) is 23.3 Å². The first kappa shape index (κ1) is 28.8. The number of carbonyl (C=O) groups excluding carboxylic acids is 3. The zero-order chi connectivity index (χ0) is 29.7. The minimum absolute atomic E-state index is 0.0185. The number of hydrogen-bond acceptors (Lipinski definition) is 5. The van der Waals surface area contributed by atoms with Gasteiger partial charge in [0, 0.05) is 16.7 Å². The molecule has 0 aromatic rings. The number of Topliss-reactive ketones (excluding diaryl/α,β-unsaturated/α-hetero) is 1. The lowest BCUT2D eigenvalue weighted by atomic mass is 9.34. The van der Waals surface area contributed by atoms with Crippen molar-refractivity contribution in [3.8, 4) is 6.07 Å². The van der Waals surface area contributed by atoms with Gasteiger partial charge in [-0.3, -0.25) is 19.2 Å².